The Hall–Kier alpha value is -4.25. The van der Waals surface area contributed by atoms with E-state index in [0.29, 0.717) is 6.54 Å². The standard InChI is InChI=1S/C26H27ClN4O2.C2HF3O2/c27-22-8-12-24(13-9-22)30-16-18-31(19-17-30)26(28-15-14-20-4-2-1-3-5-20)29-23-10-6-21(7-11-23)25(32)33;3-2(4,5)1(6)7/h1-13H,14-19H2,(H,28,29)(H,32,33);(H,6,7). The lowest BCUT2D eigenvalue weighted by molar-refractivity contribution is -0.192. The molecule has 0 atom stereocenters. The molecule has 0 bridgehead atoms. The Morgan fingerprint density at radius 3 is 1.98 bits per heavy atom. The second-order valence-electron chi connectivity index (χ2n) is 8.70. The second-order valence-corrected chi connectivity index (χ2v) is 9.14. The number of carbonyl (C=O) groups is 2. The number of rotatable bonds is 6. The van der Waals surface area contributed by atoms with Crippen LogP contribution in [0.15, 0.2) is 83.9 Å². The van der Waals surface area contributed by atoms with E-state index < -0.39 is 18.1 Å². The van der Waals surface area contributed by atoms with Gasteiger partial charge in [0.15, 0.2) is 5.96 Å². The summed E-state index contributed by atoms with van der Waals surface area (Å²) in [6.07, 6.45) is -4.23. The van der Waals surface area contributed by atoms with E-state index in [1.54, 1.807) is 24.3 Å². The van der Waals surface area contributed by atoms with Gasteiger partial charge < -0.3 is 25.3 Å². The topological polar surface area (TPSA) is 105 Å². The highest BCUT2D eigenvalue weighted by atomic mass is 35.5. The van der Waals surface area contributed by atoms with Crippen molar-refractivity contribution in [3.63, 3.8) is 0 Å². The number of halogens is 4. The third kappa shape index (κ3) is 9.49. The number of aliphatic imine (C=N–C) groups is 1. The van der Waals surface area contributed by atoms with Crippen molar-refractivity contribution in [1.82, 2.24) is 4.90 Å². The number of aromatic carboxylic acids is 1. The maximum Gasteiger partial charge on any atom is 0.490 e. The van der Waals surface area contributed by atoms with Gasteiger partial charge in [-0.05, 0) is 60.5 Å². The summed E-state index contributed by atoms with van der Waals surface area (Å²) >= 11 is 6.03. The van der Waals surface area contributed by atoms with Gasteiger partial charge >= 0.3 is 18.1 Å². The van der Waals surface area contributed by atoms with Crippen molar-refractivity contribution >= 4 is 40.9 Å². The number of hydrogen-bond acceptors (Lipinski definition) is 4. The molecule has 3 aromatic carbocycles. The highest BCUT2D eigenvalue weighted by Gasteiger charge is 2.38. The van der Waals surface area contributed by atoms with E-state index in [9.17, 15) is 18.0 Å². The molecule has 1 aliphatic heterocycles. The monoisotopic (exact) mass is 576 g/mol. The van der Waals surface area contributed by atoms with Crippen LogP contribution in [0.5, 0.6) is 0 Å². The molecule has 0 radical (unpaired) electrons. The van der Waals surface area contributed by atoms with Crippen LogP contribution in [0.4, 0.5) is 24.5 Å². The van der Waals surface area contributed by atoms with Crippen molar-refractivity contribution in [3.05, 3.63) is 95.0 Å². The predicted molar refractivity (Wildman–Crippen MR) is 148 cm³/mol. The Morgan fingerprint density at radius 1 is 0.875 bits per heavy atom. The lowest BCUT2D eigenvalue weighted by atomic mass is 10.1. The lowest BCUT2D eigenvalue weighted by Gasteiger charge is -2.37. The maximum atomic E-state index is 11.2. The molecular weight excluding hydrogens is 549 g/mol. The van der Waals surface area contributed by atoms with Gasteiger partial charge in [0, 0.05) is 49.1 Å². The van der Waals surface area contributed by atoms with Gasteiger partial charge in [-0.2, -0.15) is 13.2 Å². The summed E-state index contributed by atoms with van der Waals surface area (Å²) in [5, 5.41) is 20.4. The first-order chi connectivity index (χ1) is 19.0. The number of carboxylic acid groups (broad SMARTS) is 2. The van der Waals surface area contributed by atoms with E-state index in [1.807, 2.05) is 30.3 Å². The van der Waals surface area contributed by atoms with Gasteiger partial charge in [0.25, 0.3) is 0 Å². The van der Waals surface area contributed by atoms with Crippen LogP contribution in [0, 0.1) is 0 Å². The number of guanidine groups is 1. The van der Waals surface area contributed by atoms with E-state index >= 15 is 0 Å². The van der Waals surface area contributed by atoms with Crippen LogP contribution in [-0.4, -0.2) is 71.9 Å². The number of nitrogens with zero attached hydrogens (tertiary/aromatic N) is 3. The molecule has 1 aliphatic rings. The maximum absolute atomic E-state index is 11.2. The second kappa shape index (κ2) is 14.2. The van der Waals surface area contributed by atoms with Gasteiger partial charge in [0.1, 0.15) is 0 Å². The van der Waals surface area contributed by atoms with Gasteiger partial charge in [-0.15, -0.1) is 0 Å². The number of anilines is 2. The van der Waals surface area contributed by atoms with Gasteiger partial charge in [0.05, 0.1) is 5.56 Å². The lowest BCUT2D eigenvalue weighted by Crippen LogP contribution is -2.50. The van der Waals surface area contributed by atoms with Gasteiger partial charge in [-0.25, -0.2) is 9.59 Å². The van der Waals surface area contributed by atoms with E-state index in [2.05, 4.69) is 39.4 Å². The first-order valence-electron chi connectivity index (χ1n) is 12.3. The van der Waals surface area contributed by atoms with E-state index in [1.165, 1.54) is 11.3 Å². The minimum absolute atomic E-state index is 0.264. The van der Waals surface area contributed by atoms with Crippen molar-refractivity contribution in [2.24, 2.45) is 4.99 Å². The summed E-state index contributed by atoms with van der Waals surface area (Å²) < 4.78 is 31.7. The van der Waals surface area contributed by atoms with Crippen LogP contribution in [-0.2, 0) is 11.2 Å². The summed E-state index contributed by atoms with van der Waals surface area (Å²) in [7, 11) is 0. The average molecular weight is 577 g/mol. The van der Waals surface area contributed by atoms with E-state index in [0.717, 1.165) is 49.3 Å². The molecule has 0 aromatic heterocycles. The molecule has 0 spiro atoms. The van der Waals surface area contributed by atoms with Crippen LogP contribution >= 0.6 is 11.6 Å². The molecule has 0 aliphatic carbocycles. The van der Waals surface area contributed by atoms with Crippen molar-refractivity contribution < 1.29 is 33.0 Å². The van der Waals surface area contributed by atoms with Crippen LogP contribution in [0.3, 0.4) is 0 Å². The summed E-state index contributed by atoms with van der Waals surface area (Å²) in [5.74, 6) is -2.88. The normalized spacial score (nSPS) is 13.8. The molecular formula is C28H28ClF3N4O4. The van der Waals surface area contributed by atoms with Crippen molar-refractivity contribution in [1.29, 1.82) is 0 Å². The Labute approximate surface area is 234 Å². The Morgan fingerprint density at radius 2 is 1.45 bits per heavy atom. The first-order valence-corrected chi connectivity index (χ1v) is 12.6. The van der Waals surface area contributed by atoms with Gasteiger partial charge in [-0.3, -0.25) is 4.99 Å². The summed E-state index contributed by atoms with van der Waals surface area (Å²) in [5.41, 5.74) is 3.50. The van der Waals surface area contributed by atoms with Crippen molar-refractivity contribution in [2.75, 3.05) is 42.9 Å². The quantitative estimate of drug-likeness (QED) is 0.263. The average Bonchev–Trinajstić information content (AvgIpc) is 2.94. The summed E-state index contributed by atoms with van der Waals surface area (Å²) in [6, 6.07) is 25.0. The number of alkyl halides is 3. The Bertz CT molecular complexity index is 1280. The fraction of sp³-hybridized carbons (Fsp3) is 0.250. The zero-order valence-corrected chi connectivity index (χ0v) is 22.1. The van der Waals surface area contributed by atoms with Crippen LogP contribution in [0.25, 0.3) is 0 Å². The van der Waals surface area contributed by atoms with Crippen LogP contribution < -0.4 is 10.2 Å². The zero-order valence-electron chi connectivity index (χ0n) is 21.3. The Balaban J connectivity index is 0.000000559. The minimum atomic E-state index is -5.08. The van der Waals surface area contributed by atoms with Crippen molar-refractivity contribution in [3.8, 4) is 0 Å². The van der Waals surface area contributed by atoms with Gasteiger partial charge in [-0.1, -0.05) is 41.9 Å². The summed E-state index contributed by atoms with van der Waals surface area (Å²) in [6.45, 7) is 4.06. The molecule has 1 saturated heterocycles. The van der Waals surface area contributed by atoms with E-state index in [4.69, 9.17) is 31.6 Å². The SMILES string of the molecule is O=C(O)C(F)(F)F.O=C(O)c1ccc(NC(=NCCc2ccccc2)N2CCN(c3ccc(Cl)cc3)CC2)cc1. The molecule has 0 amide bonds. The largest absolute Gasteiger partial charge is 0.490 e. The van der Waals surface area contributed by atoms with Crippen LogP contribution in [0.2, 0.25) is 5.02 Å². The molecule has 1 fully saturated rings. The number of carboxylic acids is 2. The molecule has 3 aromatic rings. The number of hydrogen-bond donors (Lipinski definition) is 3. The number of aliphatic carboxylic acids is 1. The third-order valence-corrected chi connectivity index (χ3v) is 6.16. The van der Waals surface area contributed by atoms with Crippen LogP contribution in [0.1, 0.15) is 15.9 Å². The zero-order chi connectivity index (χ0) is 29.1. The molecule has 1 heterocycles. The Kier molecular flexibility index (Phi) is 10.8. The van der Waals surface area contributed by atoms with Crippen molar-refractivity contribution in [2.45, 2.75) is 12.6 Å². The first kappa shape index (κ1) is 30.3. The number of nitrogens with one attached hydrogen (secondary N) is 1. The molecule has 40 heavy (non-hydrogen) atoms. The van der Waals surface area contributed by atoms with Gasteiger partial charge in [0.2, 0.25) is 0 Å². The number of piperazine rings is 1. The predicted octanol–water partition coefficient (Wildman–Crippen LogP) is 5.50. The fourth-order valence-electron chi connectivity index (χ4n) is 3.81. The highest BCUT2D eigenvalue weighted by molar-refractivity contribution is 6.30. The highest BCUT2D eigenvalue weighted by Crippen LogP contribution is 2.20. The molecule has 0 saturated carbocycles. The molecule has 8 nitrogen and oxygen atoms in total. The smallest absolute Gasteiger partial charge is 0.478 e. The minimum Gasteiger partial charge on any atom is -0.478 e. The third-order valence-electron chi connectivity index (χ3n) is 5.91. The molecule has 3 N–H and O–H groups in total. The fourth-order valence-corrected chi connectivity index (χ4v) is 3.93. The molecule has 0 unspecified atom stereocenters. The molecule has 12 heteroatoms. The molecule has 4 rings (SSSR count). The summed E-state index contributed by atoms with van der Waals surface area (Å²) in [4.78, 5) is 29.5. The molecule has 212 valence electrons. The van der Waals surface area contributed by atoms with E-state index in [-0.39, 0.29) is 5.56 Å². The number of benzene rings is 3.